The Hall–Kier alpha value is -1.39. The van der Waals surface area contributed by atoms with Gasteiger partial charge in [0.05, 0.1) is 5.69 Å². The molecule has 1 aromatic carbocycles. The highest BCUT2D eigenvalue weighted by atomic mass is 32.1. The van der Waals surface area contributed by atoms with E-state index in [4.69, 9.17) is 10.5 Å². The number of fused-ring (bicyclic) bond motifs is 1. The first-order chi connectivity index (χ1) is 9.93. The molecule has 21 heavy (non-hydrogen) atoms. The van der Waals surface area contributed by atoms with Gasteiger partial charge in [-0.2, -0.15) is 0 Å². The van der Waals surface area contributed by atoms with Gasteiger partial charge in [-0.25, -0.2) is 4.98 Å². The van der Waals surface area contributed by atoms with E-state index in [1.807, 2.05) is 6.07 Å². The maximum absolute atomic E-state index is 6.06. The third-order valence-electron chi connectivity index (χ3n) is 3.92. The maximum Gasteiger partial charge on any atom is 0.140 e. The summed E-state index contributed by atoms with van der Waals surface area (Å²) in [4.78, 5) is 4.65. The smallest absolute Gasteiger partial charge is 0.140 e. The van der Waals surface area contributed by atoms with Crippen LogP contribution in [0.2, 0.25) is 0 Å². The summed E-state index contributed by atoms with van der Waals surface area (Å²) in [7, 11) is 0. The lowest BCUT2D eigenvalue weighted by Crippen LogP contribution is -2.11. The summed E-state index contributed by atoms with van der Waals surface area (Å²) in [5, 5.41) is 3.15. The highest BCUT2D eigenvalue weighted by Crippen LogP contribution is 2.32. The minimum atomic E-state index is 0.0957. The van der Waals surface area contributed by atoms with Crippen molar-refractivity contribution in [3.63, 3.8) is 0 Å². The number of rotatable bonds is 3. The molecule has 2 aromatic rings. The van der Waals surface area contributed by atoms with Crippen LogP contribution in [-0.4, -0.2) is 4.98 Å². The largest absolute Gasteiger partial charge is 0.486 e. The Balaban J connectivity index is 1.67. The molecule has 1 heterocycles. The standard InChI is InChI=1S/C17H22N2OS/c1-17(2,3)15-10-21-16(19-15)9-20-12-5-6-13-11(8-12)4-7-14(13)18/h5-6,8,10,14H,4,7,9,18H2,1-3H3. The van der Waals surface area contributed by atoms with Gasteiger partial charge in [0.15, 0.2) is 0 Å². The van der Waals surface area contributed by atoms with E-state index >= 15 is 0 Å². The molecule has 3 nitrogen and oxygen atoms in total. The van der Waals surface area contributed by atoms with Crippen molar-refractivity contribution in [1.29, 1.82) is 0 Å². The lowest BCUT2D eigenvalue weighted by atomic mass is 9.93. The highest BCUT2D eigenvalue weighted by molar-refractivity contribution is 7.09. The van der Waals surface area contributed by atoms with Gasteiger partial charge >= 0.3 is 0 Å². The molecule has 0 bridgehead atoms. The van der Waals surface area contributed by atoms with Crippen LogP contribution in [0.25, 0.3) is 0 Å². The van der Waals surface area contributed by atoms with Crippen LogP contribution in [0.4, 0.5) is 0 Å². The van der Waals surface area contributed by atoms with Gasteiger partial charge in [-0.15, -0.1) is 11.3 Å². The molecule has 0 spiro atoms. The second-order valence-electron chi connectivity index (χ2n) is 6.67. The van der Waals surface area contributed by atoms with Crippen molar-refractivity contribution < 1.29 is 4.74 Å². The van der Waals surface area contributed by atoms with Gasteiger partial charge in [-0.05, 0) is 36.1 Å². The summed E-state index contributed by atoms with van der Waals surface area (Å²) in [6.45, 7) is 7.06. The molecule has 4 heteroatoms. The summed E-state index contributed by atoms with van der Waals surface area (Å²) in [5.74, 6) is 0.912. The summed E-state index contributed by atoms with van der Waals surface area (Å²) >= 11 is 1.67. The van der Waals surface area contributed by atoms with Crippen molar-refractivity contribution in [3.05, 3.63) is 45.4 Å². The lowest BCUT2D eigenvalue weighted by Gasteiger charge is -2.14. The zero-order valence-corrected chi connectivity index (χ0v) is 13.7. The average Bonchev–Trinajstić information content (AvgIpc) is 3.03. The van der Waals surface area contributed by atoms with E-state index in [9.17, 15) is 0 Å². The van der Waals surface area contributed by atoms with Gasteiger partial charge in [0.1, 0.15) is 17.4 Å². The fourth-order valence-electron chi connectivity index (χ4n) is 2.58. The van der Waals surface area contributed by atoms with Crippen molar-refractivity contribution >= 4 is 11.3 Å². The number of hydrogen-bond acceptors (Lipinski definition) is 4. The Morgan fingerprint density at radius 1 is 1.38 bits per heavy atom. The van der Waals surface area contributed by atoms with Crippen LogP contribution in [0.3, 0.4) is 0 Å². The van der Waals surface area contributed by atoms with Crippen LogP contribution < -0.4 is 10.5 Å². The molecule has 1 unspecified atom stereocenters. The molecule has 0 saturated heterocycles. The molecule has 0 radical (unpaired) electrons. The predicted octanol–water partition coefficient (Wildman–Crippen LogP) is 3.97. The van der Waals surface area contributed by atoms with Gasteiger partial charge in [0, 0.05) is 16.8 Å². The fraction of sp³-hybridized carbons (Fsp3) is 0.471. The van der Waals surface area contributed by atoms with Crippen molar-refractivity contribution in [3.8, 4) is 5.75 Å². The number of aryl methyl sites for hydroxylation is 1. The number of ether oxygens (including phenoxy) is 1. The Bertz CT molecular complexity index is 642. The van der Waals surface area contributed by atoms with Crippen LogP contribution in [0.15, 0.2) is 23.6 Å². The number of thiazole rings is 1. The summed E-state index contributed by atoms with van der Waals surface area (Å²) in [6, 6.07) is 6.44. The van der Waals surface area contributed by atoms with E-state index < -0.39 is 0 Å². The summed E-state index contributed by atoms with van der Waals surface area (Å²) in [5.41, 5.74) is 9.88. The molecule has 1 aliphatic rings. The minimum Gasteiger partial charge on any atom is -0.486 e. The molecular weight excluding hydrogens is 280 g/mol. The second-order valence-corrected chi connectivity index (χ2v) is 7.61. The zero-order valence-electron chi connectivity index (χ0n) is 12.8. The van der Waals surface area contributed by atoms with E-state index in [1.54, 1.807) is 11.3 Å². The number of aromatic nitrogens is 1. The molecule has 2 N–H and O–H groups in total. The Labute approximate surface area is 130 Å². The number of nitrogens with zero attached hydrogens (tertiary/aromatic N) is 1. The number of nitrogens with two attached hydrogens (primary N) is 1. The van der Waals surface area contributed by atoms with E-state index in [0.29, 0.717) is 6.61 Å². The molecule has 3 rings (SSSR count). The third kappa shape index (κ3) is 3.11. The van der Waals surface area contributed by atoms with E-state index in [1.165, 1.54) is 11.1 Å². The van der Waals surface area contributed by atoms with Gasteiger partial charge in [0.2, 0.25) is 0 Å². The zero-order chi connectivity index (χ0) is 15.0. The summed E-state index contributed by atoms with van der Waals surface area (Å²) < 4.78 is 5.89. The molecule has 1 atom stereocenters. The second kappa shape index (κ2) is 5.43. The topological polar surface area (TPSA) is 48.1 Å². The Morgan fingerprint density at radius 2 is 2.19 bits per heavy atom. The predicted molar refractivity (Wildman–Crippen MR) is 86.8 cm³/mol. The van der Waals surface area contributed by atoms with Gasteiger partial charge in [-0.1, -0.05) is 26.8 Å². The van der Waals surface area contributed by atoms with E-state index in [2.05, 4.69) is 43.3 Å². The van der Waals surface area contributed by atoms with E-state index in [0.717, 1.165) is 29.3 Å². The Morgan fingerprint density at radius 3 is 2.90 bits per heavy atom. The SMILES string of the molecule is CC(C)(C)c1csc(COc2ccc3c(c2)CCC3N)n1. The number of benzene rings is 1. The normalized spacial score (nSPS) is 17.8. The molecule has 0 fully saturated rings. The molecular formula is C17H22N2OS. The fourth-order valence-corrected chi connectivity index (χ4v) is 3.52. The number of hydrogen-bond donors (Lipinski definition) is 1. The maximum atomic E-state index is 6.06. The molecule has 0 amide bonds. The first-order valence-electron chi connectivity index (χ1n) is 7.39. The molecule has 0 saturated carbocycles. The van der Waals surface area contributed by atoms with Crippen molar-refractivity contribution in [1.82, 2.24) is 4.98 Å². The van der Waals surface area contributed by atoms with Crippen molar-refractivity contribution in [2.75, 3.05) is 0 Å². The summed E-state index contributed by atoms with van der Waals surface area (Å²) in [6.07, 6.45) is 2.10. The van der Waals surface area contributed by atoms with Crippen LogP contribution in [0.5, 0.6) is 5.75 Å². The molecule has 1 aliphatic carbocycles. The molecule has 112 valence electrons. The van der Waals surface area contributed by atoms with Crippen molar-refractivity contribution in [2.24, 2.45) is 5.73 Å². The minimum absolute atomic E-state index is 0.0957. The van der Waals surface area contributed by atoms with Crippen LogP contribution >= 0.6 is 11.3 Å². The Kier molecular flexibility index (Phi) is 3.76. The molecule has 1 aromatic heterocycles. The first-order valence-corrected chi connectivity index (χ1v) is 8.27. The van der Waals surface area contributed by atoms with Crippen molar-refractivity contribution in [2.45, 2.75) is 51.7 Å². The van der Waals surface area contributed by atoms with Gasteiger partial charge in [-0.3, -0.25) is 0 Å². The highest BCUT2D eigenvalue weighted by Gasteiger charge is 2.20. The average molecular weight is 302 g/mol. The van der Waals surface area contributed by atoms with E-state index in [-0.39, 0.29) is 11.5 Å². The third-order valence-corrected chi connectivity index (χ3v) is 4.74. The monoisotopic (exact) mass is 302 g/mol. The van der Waals surface area contributed by atoms with Crippen LogP contribution in [0, 0.1) is 0 Å². The lowest BCUT2D eigenvalue weighted by molar-refractivity contribution is 0.304. The van der Waals surface area contributed by atoms with Crippen LogP contribution in [0.1, 0.15) is 55.1 Å². The van der Waals surface area contributed by atoms with Crippen LogP contribution in [-0.2, 0) is 18.4 Å². The van der Waals surface area contributed by atoms with Gasteiger partial charge in [0.25, 0.3) is 0 Å². The molecule has 0 aliphatic heterocycles. The van der Waals surface area contributed by atoms with Gasteiger partial charge < -0.3 is 10.5 Å². The quantitative estimate of drug-likeness (QED) is 0.933. The first kappa shape index (κ1) is 14.5.